The van der Waals surface area contributed by atoms with Gasteiger partial charge in [0.2, 0.25) is 11.8 Å². The van der Waals surface area contributed by atoms with Crippen molar-refractivity contribution in [2.45, 2.75) is 24.1 Å². The number of piperazine rings is 1. The molecule has 2 atom stereocenters. The number of hydrogen-bond donors (Lipinski definition) is 2. The van der Waals surface area contributed by atoms with Crippen molar-refractivity contribution in [3.05, 3.63) is 11.7 Å². The van der Waals surface area contributed by atoms with Crippen LogP contribution in [0.3, 0.4) is 0 Å². The highest BCUT2D eigenvalue weighted by atomic mass is 32.2. The van der Waals surface area contributed by atoms with Crippen molar-refractivity contribution in [1.82, 2.24) is 20.8 Å². The van der Waals surface area contributed by atoms with Gasteiger partial charge in [-0.2, -0.15) is 16.7 Å². The molecule has 1 aromatic rings. The Balaban J connectivity index is 1.69. The third kappa shape index (κ3) is 2.30. The molecule has 0 radical (unpaired) electrons. The molecule has 7 heteroatoms. The number of carbonyl (C=O) groups excluding carboxylic acids is 1. The van der Waals surface area contributed by atoms with Gasteiger partial charge in [-0.3, -0.25) is 10.1 Å². The number of thioether (sulfide) groups is 1. The van der Waals surface area contributed by atoms with Crippen LogP contribution in [0.15, 0.2) is 4.52 Å². The van der Waals surface area contributed by atoms with Gasteiger partial charge in [0.25, 0.3) is 0 Å². The van der Waals surface area contributed by atoms with Gasteiger partial charge in [0.05, 0.1) is 11.8 Å². The molecule has 2 fully saturated rings. The Bertz CT molecular complexity index is 406. The maximum Gasteiger partial charge on any atom is 0.245 e. The first kappa shape index (κ1) is 11.0. The normalized spacial score (nSPS) is 29.3. The molecule has 2 aliphatic heterocycles. The zero-order valence-electron chi connectivity index (χ0n) is 9.31. The molecule has 2 saturated heterocycles. The Morgan fingerprint density at radius 1 is 1.47 bits per heavy atom. The Morgan fingerprint density at radius 2 is 2.41 bits per heavy atom. The summed E-state index contributed by atoms with van der Waals surface area (Å²) in [5.74, 6) is 2.55. The molecule has 3 heterocycles. The van der Waals surface area contributed by atoms with E-state index in [2.05, 4.69) is 20.8 Å². The average molecular weight is 254 g/mol. The zero-order valence-corrected chi connectivity index (χ0v) is 10.1. The molecule has 0 saturated carbocycles. The highest BCUT2D eigenvalue weighted by molar-refractivity contribution is 7.99. The van der Waals surface area contributed by atoms with Crippen molar-refractivity contribution in [3.63, 3.8) is 0 Å². The van der Waals surface area contributed by atoms with E-state index in [0.29, 0.717) is 24.2 Å². The highest BCUT2D eigenvalue weighted by Gasteiger charge is 2.27. The molecule has 1 amide bonds. The summed E-state index contributed by atoms with van der Waals surface area (Å²) in [6.45, 7) is 0.818. The highest BCUT2D eigenvalue weighted by Crippen LogP contribution is 2.38. The number of carbonyl (C=O) groups is 1. The number of rotatable bonds is 2. The largest absolute Gasteiger partial charge is 0.353 e. The van der Waals surface area contributed by atoms with Crippen molar-refractivity contribution in [2.75, 3.05) is 18.8 Å². The van der Waals surface area contributed by atoms with Crippen molar-refractivity contribution in [1.29, 1.82) is 0 Å². The predicted molar refractivity (Wildman–Crippen MR) is 62.5 cm³/mol. The second-order valence-electron chi connectivity index (χ2n) is 4.23. The predicted octanol–water partition coefficient (Wildman–Crippen LogP) is 0.398. The van der Waals surface area contributed by atoms with Crippen molar-refractivity contribution in [3.8, 4) is 0 Å². The molecular weight excluding hydrogens is 240 g/mol. The van der Waals surface area contributed by atoms with E-state index in [1.807, 2.05) is 11.8 Å². The van der Waals surface area contributed by atoms with Crippen LogP contribution in [0, 0.1) is 0 Å². The topological polar surface area (TPSA) is 80.1 Å². The third-order valence-corrected chi connectivity index (χ3v) is 4.36. The van der Waals surface area contributed by atoms with Crippen molar-refractivity contribution in [2.24, 2.45) is 0 Å². The molecule has 2 aliphatic rings. The molecule has 0 spiro atoms. The van der Waals surface area contributed by atoms with Crippen LogP contribution in [0.4, 0.5) is 0 Å². The fourth-order valence-corrected chi connectivity index (χ4v) is 3.24. The van der Waals surface area contributed by atoms with E-state index in [9.17, 15) is 4.79 Å². The molecule has 3 rings (SSSR count). The summed E-state index contributed by atoms with van der Waals surface area (Å²) < 4.78 is 5.26. The molecule has 0 aliphatic carbocycles. The fourth-order valence-electron chi connectivity index (χ4n) is 2.04. The first-order valence-corrected chi connectivity index (χ1v) is 6.83. The summed E-state index contributed by atoms with van der Waals surface area (Å²) in [4.78, 5) is 15.4. The monoisotopic (exact) mass is 254 g/mol. The number of aromatic nitrogens is 2. The molecule has 2 unspecified atom stereocenters. The van der Waals surface area contributed by atoms with Gasteiger partial charge in [0.1, 0.15) is 6.04 Å². The van der Waals surface area contributed by atoms with E-state index in [0.717, 1.165) is 12.2 Å². The molecule has 0 bridgehead atoms. The lowest BCUT2D eigenvalue weighted by molar-refractivity contribution is -0.121. The molecule has 2 N–H and O–H groups in total. The van der Waals surface area contributed by atoms with Gasteiger partial charge < -0.3 is 9.84 Å². The minimum absolute atomic E-state index is 0.00679. The van der Waals surface area contributed by atoms with Gasteiger partial charge in [-0.15, -0.1) is 0 Å². The maximum absolute atomic E-state index is 11.0. The minimum Gasteiger partial charge on any atom is -0.353 e. The van der Waals surface area contributed by atoms with Crippen LogP contribution in [0.2, 0.25) is 0 Å². The van der Waals surface area contributed by atoms with Crippen LogP contribution < -0.4 is 10.6 Å². The summed E-state index contributed by atoms with van der Waals surface area (Å²) in [5.41, 5.74) is 0. The SMILES string of the molecule is O=C1CNC(c2nc(C3CCCS3)no2)CN1. The standard InChI is InChI=1S/C10H14N4O2S/c15-8-5-11-6(4-12-8)10-13-9(14-16-10)7-2-1-3-17-7/h6-7,11H,1-5H2,(H,12,15). The lowest BCUT2D eigenvalue weighted by Crippen LogP contribution is -2.47. The summed E-state index contributed by atoms with van der Waals surface area (Å²) in [7, 11) is 0. The van der Waals surface area contributed by atoms with Crippen molar-refractivity contribution >= 4 is 17.7 Å². The lowest BCUT2D eigenvalue weighted by Gasteiger charge is -2.20. The van der Waals surface area contributed by atoms with Crippen LogP contribution in [0.1, 0.15) is 35.8 Å². The zero-order chi connectivity index (χ0) is 11.7. The number of hydrogen-bond acceptors (Lipinski definition) is 6. The molecule has 0 aromatic carbocycles. The Hall–Kier alpha value is -1.08. The van der Waals surface area contributed by atoms with Gasteiger partial charge in [-0.25, -0.2) is 0 Å². The summed E-state index contributed by atoms with van der Waals surface area (Å²) >= 11 is 1.88. The van der Waals surface area contributed by atoms with E-state index in [1.165, 1.54) is 12.2 Å². The maximum atomic E-state index is 11.0. The Kier molecular flexibility index (Phi) is 3.02. The summed E-state index contributed by atoms with van der Waals surface area (Å²) in [5, 5.41) is 10.3. The lowest BCUT2D eigenvalue weighted by atomic mass is 10.2. The van der Waals surface area contributed by atoms with E-state index in [-0.39, 0.29) is 11.9 Å². The van der Waals surface area contributed by atoms with Gasteiger partial charge in [-0.05, 0) is 18.6 Å². The second kappa shape index (κ2) is 4.66. The molecule has 92 valence electrons. The molecular formula is C10H14N4O2S. The smallest absolute Gasteiger partial charge is 0.245 e. The third-order valence-electron chi connectivity index (χ3n) is 2.99. The number of amides is 1. The van der Waals surface area contributed by atoms with Gasteiger partial charge in [-0.1, -0.05) is 5.16 Å². The second-order valence-corrected chi connectivity index (χ2v) is 5.54. The van der Waals surface area contributed by atoms with Crippen LogP contribution in [0.5, 0.6) is 0 Å². The van der Waals surface area contributed by atoms with E-state index in [4.69, 9.17) is 4.52 Å². The molecule has 17 heavy (non-hydrogen) atoms. The van der Waals surface area contributed by atoms with Gasteiger partial charge >= 0.3 is 0 Å². The van der Waals surface area contributed by atoms with Crippen LogP contribution in [0.25, 0.3) is 0 Å². The fraction of sp³-hybridized carbons (Fsp3) is 0.700. The minimum atomic E-state index is -0.0552. The van der Waals surface area contributed by atoms with Crippen molar-refractivity contribution < 1.29 is 9.32 Å². The van der Waals surface area contributed by atoms with E-state index < -0.39 is 0 Å². The molecule has 1 aromatic heterocycles. The summed E-state index contributed by atoms with van der Waals surface area (Å²) in [6, 6.07) is -0.0552. The quantitative estimate of drug-likeness (QED) is 0.795. The van der Waals surface area contributed by atoms with Crippen LogP contribution >= 0.6 is 11.8 Å². The molecule has 6 nitrogen and oxygen atoms in total. The Labute approximate surface area is 103 Å². The van der Waals surface area contributed by atoms with Gasteiger partial charge in [0.15, 0.2) is 5.82 Å². The van der Waals surface area contributed by atoms with Crippen LogP contribution in [-0.4, -0.2) is 34.9 Å². The Morgan fingerprint density at radius 3 is 3.12 bits per heavy atom. The van der Waals surface area contributed by atoms with Crippen LogP contribution in [-0.2, 0) is 4.79 Å². The summed E-state index contributed by atoms with van der Waals surface area (Å²) in [6.07, 6.45) is 2.34. The van der Waals surface area contributed by atoms with Gasteiger partial charge in [0, 0.05) is 6.54 Å². The number of nitrogens with zero attached hydrogens (tertiary/aromatic N) is 2. The van der Waals surface area contributed by atoms with E-state index >= 15 is 0 Å². The first-order chi connectivity index (χ1) is 8.33. The average Bonchev–Trinajstić information content (AvgIpc) is 3.00. The number of nitrogens with one attached hydrogen (secondary N) is 2. The first-order valence-electron chi connectivity index (χ1n) is 5.78. The van der Waals surface area contributed by atoms with E-state index in [1.54, 1.807) is 0 Å².